The third kappa shape index (κ3) is 3.69. The highest BCUT2D eigenvalue weighted by atomic mass is 79.9. The molecule has 122 valence electrons. The van der Waals surface area contributed by atoms with E-state index in [0.717, 1.165) is 21.4 Å². The molecule has 4 aromatic rings. The van der Waals surface area contributed by atoms with Crippen molar-refractivity contribution in [3.63, 3.8) is 0 Å². The summed E-state index contributed by atoms with van der Waals surface area (Å²) in [6.07, 6.45) is 3.87. The normalized spacial score (nSPS) is 10.8. The molecule has 3 nitrogen and oxygen atoms in total. The van der Waals surface area contributed by atoms with Crippen molar-refractivity contribution in [1.29, 1.82) is 0 Å². The molecule has 0 unspecified atom stereocenters. The Morgan fingerprint density at radius 1 is 0.800 bits per heavy atom. The average molecular weight is 390 g/mol. The maximum absolute atomic E-state index is 4.71. The number of halogens is 1. The van der Waals surface area contributed by atoms with Crippen molar-refractivity contribution in [2.75, 3.05) is 0 Å². The zero-order valence-corrected chi connectivity index (χ0v) is 15.1. The number of pyridine rings is 1. The van der Waals surface area contributed by atoms with Crippen molar-refractivity contribution in [2.45, 2.75) is 6.54 Å². The molecule has 0 aliphatic carbocycles. The third-order valence-corrected chi connectivity index (χ3v) is 4.51. The zero-order chi connectivity index (χ0) is 17.1. The molecule has 0 fully saturated rings. The number of nitrogens with zero attached hydrogens (tertiary/aromatic N) is 3. The monoisotopic (exact) mass is 389 g/mol. The minimum absolute atomic E-state index is 0.707. The van der Waals surface area contributed by atoms with Crippen LogP contribution in [0.2, 0.25) is 0 Å². The molecular formula is C21H16BrN3. The third-order valence-electron chi connectivity index (χ3n) is 4.04. The van der Waals surface area contributed by atoms with Gasteiger partial charge in [0.2, 0.25) is 0 Å². The van der Waals surface area contributed by atoms with Crippen molar-refractivity contribution in [2.24, 2.45) is 0 Å². The van der Waals surface area contributed by atoms with Crippen LogP contribution in [-0.4, -0.2) is 14.8 Å². The predicted octanol–water partition coefficient (Wildman–Crippen LogP) is 5.42. The summed E-state index contributed by atoms with van der Waals surface area (Å²) >= 11 is 3.36. The van der Waals surface area contributed by atoms with Gasteiger partial charge >= 0.3 is 0 Å². The first-order valence-electron chi connectivity index (χ1n) is 8.08. The molecule has 0 atom stereocenters. The van der Waals surface area contributed by atoms with E-state index in [0.29, 0.717) is 6.54 Å². The number of rotatable bonds is 4. The van der Waals surface area contributed by atoms with Crippen LogP contribution in [0.1, 0.15) is 5.56 Å². The van der Waals surface area contributed by atoms with Gasteiger partial charge in [0.25, 0.3) is 0 Å². The van der Waals surface area contributed by atoms with E-state index < -0.39 is 0 Å². The molecule has 4 heteroatoms. The van der Waals surface area contributed by atoms with Gasteiger partial charge in [0.1, 0.15) is 4.60 Å². The van der Waals surface area contributed by atoms with E-state index in [2.05, 4.69) is 81.6 Å². The molecule has 0 saturated heterocycles. The van der Waals surface area contributed by atoms with Crippen molar-refractivity contribution in [3.05, 3.63) is 95.4 Å². The van der Waals surface area contributed by atoms with E-state index in [-0.39, 0.29) is 0 Å². The average Bonchev–Trinajstić information content (AvgIpc) is 3.13. The van der Waals surface area contributed by atoms with Gasteiger partial charge in [0, 0.05) is 18.0 Å². The van der Waals surface area contributed by atoms with Crippen LogP contribution in [0.15, 0.2) is 89.8 Å². The lowest BCUT2D eigenvalue weighted by atomic mass is 10.0. The molecule has 4 rings (SSSR count). The summed E-state index contributed by atoms with van der Waals surface area (Å²) in [5.74, 6) is 0. The Morgan fingerprint density at radius 3 is 2.40 bits per heavy atom. The number of benzene rings is 2. The van der Waals surface area contributed by atoms with E-state index in [1.807, 2.05) is 29.2 Å². The van der Waals surface area contributed by atoms with Crippen LogP contribution in [0, 0.1) is 0 Å². The summed E-state index contributed by atoms with van der Waals surface area (Å²) in [5, 5.41) is 4.71. The van der Waals surface area contributed by atoms with Gasteiger partial charge in [-0.3, -0.25) is 4.68 Å². The highest BCUT2D eigenvalue weighted by molar-refractivity contribution is 9.10. The van der Waals surface area contributed by atoms with E-state index in [9.17, 15) is 0 Å². The molecule has 2 aromatic heterocycles. The fourth-order valence-electron chi connectivity index (χ4n) is 2.78. The Bertz CT molecular complexity index is 975. The lowest BCUT2D eigenvalue weighted by Gasteiger charge is -2.04. The van der Waals surface area contributed by atoms with Crippen molar-refractivity contribution in [3.8, 4) is 22.4 Å². The fraction of sp³-hybridized carbons (Fsp3) is 0.0476. The second kappa shape index (κ2) is 7.03. The van der Waals surface area contributed by atoms with Crippen LogP contribution in [-0.2, 0) is 6.54 Å². The highest BCUT2D eigenvalue weighted by Crippen LogP contribution is 2.25. The van der Waals surface area contributed by atoms with Crippen LogP contribution >= 0.6 is 15.9 Å². The van der Waals surface area contributed by atoms with Gasteiger partial charge in [-0.25, -0.2) is 4.98 Å². The van der Waals surface area contributed by atoms with Crippen LogP contribution < -0.4 is 0 Å². The van der Waals surface area contributed by atoms with Gasteiger partial charge in [-0.05, 0) is 50.8 Å². The first-order chi connectivity index (χ1) is 12.3. The van der Waals surface area contributed by atoms with Crippen molar-refractivity contribution >= 4 is 15.9 Å². The minimum atomic E-state index is 0.707. The molecular weight excluding hydrogens is 374 g/mol. The molecule has 2 aromatic carbocycles. The van der Waals surface area contributed by atoms with Crippen LogP contribution in [0.3, 0.4) is 0 Å². The Hall–Kier alpha value is -2.72. The summed E-state index contributed by atoms with van der Waals surface area (Å²) < 4.78 is 2.78. The van der Waals surface area contributed by atoms with Crippen LogP contribution in [0.5, 0.6) is 0 Å². The quantitative estimate of drug-likeness (QED) is 0.436. The van der Waals surface area contributed by atoms with Crippen LogP contribution in [0.4, 0.5) is 0 Å². The lowest BCUT2D eigenvalue weighted by molar-refractivity contribution is 0.687. The van der Waals surface area contributed by atoms with E-state index >= 15 is 0 Å². The van der Waals surface area contributed by atoms with Gasteiger partial charge in [0.05, 0.1) is 12.2 Å². The van der Waals surface area contributed by atoms with Crippen LogP contribution in [0.25, 0.3) is 22.4 Å². The molecule has 2 heterocycles. The number of aromatic nitrogens is 3. The van der Waals surface area contributed by atoms with E-state index in [1.165, 1.54) is 11.1 Å². The first-order valence-corrected chi connectivity index (χ1v) is 8.87. The minimum Gasteiger partial charge on any atom is -0.268 e. The Balaban J connectivity index is 1.59. The molecule has 0 aliphatic heterocycles. The SMILES string of the molecule is Brc1ccc(Cn2ccc(-c3cccc(-c4ccccc4)c3)n2)cn1. The first kappa shape index (κ1) is 15.8. The molecule has 0 saturated carbocycles. The largest absolute Gasteiger partial charge is 0.268 e. The summed E-state index contributed by atoms with van der Waals surface area (Å²) in [5.41, 5.74) is 5.63. The van der Waals surface area contributed by atoms with Gasteiger partial charge in [0.15, 0.2) is 0 Å². The molecule has 0 spiro atoms. The summed E-state index contributed by atoms with van der Waals surface area (Å²) in [6, 6.07) is 24.9. The zero-order valence-electron chi connectivity index (χ0n) is 13.5. The predicted molar refractivity (Wildman–Crippen MR) is 104 cm³/mol. The summed E-state index contributed by atoms with van der Waals surface area (Å²) in [4.78, 5) is 4.26. The molecule has 0 bridgehead atoms. The molecule has 0 radical (unpaired) electrons. The Kier molecular flexibility index (Phi) is 4.44. The molecule has 25 heavy (non-hydrogen) atoms. The summed E-state index contributed by atoms with van der Waals surface area (Å²) in [7, 11) is 0. The van der Waals surface area contributed by atoms with Crippen molar-refractivity contribution in [1.82, 2.24) is 14.8 Å². The fourth-order valence-corrected chi connectivity index (χ4v) is 3.01. The highest BCUT2D eigenvalue weighted by Gasteiger charge is 2.05. The molecule has 0 amide bonds. The second-order valence-corrected chi connectivity index (χ2v) is 6.65. The maximum atomic E-state index is 4.71. The lowest BCUT2D eigenvalue weighted by Crippen LogP contribution is -2.00. The van der Waals surface area contributed by atoms with Gasteiger partial charge in [-0.15, -0.1) is 0 Å². The van der Waals surface area contributed by atoms with Gasteiger partial charge in [-0.2, -0.15) is 5.10 Å². The van der Waals surface area contributed by atoms with Crippen molar-refractivity contribution < 1.29 is 0 Å². The summed E-state index contributed by atoms with van der Waals surface area (Å²) in [6.45, 7) is 0.707. The standard InChI is InChI=1S/C21H16BrN3/c22-21-10-9-16(14-23-21)15-25-12-11-20(24-25)19-8-4-7-18(13-19)17-5-2-1-3-6-17/h1-14H,15H2. The maximum Gasteiger partial charge on any atom is 0.106 e. The number of hydrogen-bond donors (Lipinski definition) is 0. The Morgan fingerprint density at radius 2 is 1.60 bits per heavy atom. The smallest absolute Gasteiger partial charge is 0.106 e. The van der Waals surface area contributed by atoms with Gasteiger partial charge in [-0.1, -0.05) is 54.6 Å². The van der Waals surface area contributed by atoms with E-state index in [4.69, 9.17) is 5.10 Å². The molecule has 0 aliphatic rings. The topological polar surface area (TPSA) is 30.7 Å². The number of hydrogen-bond acceptors (Lipinski definition) is 2. The Labute approximate surface area is 155 Å². The van der Waals surface area contributed by atoms with E-state index in [1.54, 1.807) is 0 Å². The second-order valence-electron chi connectivity index (χ2n) is 5.83. The van der Waals surface area contributed by atoms with Gasteiger partial charge < -0.3 is 0 Å². The molecule has 0 N–H and O–H groups in total.